The predicted molar refractivity (Wildman–Crippen MR) is 109 cm³/mol. The lowest BCUT2D eigenvalue weighted by Crippen LogP contribution is -2.33. The Hall–Kier alpha value is -3.54. The van der Waals surface area contributed by atoms with Crippen LogP contribution in [0.4, 0.5) is 0 Å². The fourth-order valence-corrected chi connectivity index (χ4v) is 2.64. The Morgan fingerprint density at radius 1 is 1.14 bits per heavy atom. The zero-order valence-electron chi connectivity index (χ0n) is 15.8. The molecule has 6 heteroatoms. The van der Waals surface area contributed by atoms with Gasteiger partial charge in [0.25, 0.3) is 5.91 Å². The normalized spacial score (nSPS) is 12.1. The van der Waals surface area contributed by atoms with Crippen molar-refractivity contribution in [3.05, 3.63) is 66.2 Å². The average molecular weight is 378 g/mol. The lowest BCUT2D eigenvalue weighted by molar-refractivity contribution is -0.127. The summed E-state index contributed by atoms with van der Waals surface area (Å²) < 4.78 is 11.0. The molecule has 3 rings (SSSR count). The first-order valence-corrected chi connectivity index (χ1v) is 9.01. The molecule has 0 unspecified atom stereocenters. The van der Waals surface area contributed by atoms with Gasteiger partial charge in [-0.15, -0.1) is 0 Å². The molecule has 0 aliphatic carbocycles. The van der Waals surface area contributed by atoms with E-state index in [0.717, 1.165) is 10.8 Å². The van der Waals surface area contributed by atoms with Crippen molar-refractivity contribution in [1.29, 1.82) is 0 Å². The quantitative estimate of drug-likeness (QED) is 0.483. The maximum Gasteiger partial charge on any atom is 0.280 e. The molecule has 144 valence electrons. The zero-order valence-corrected chi connectivity index (χ0v) is 15.8. The summed E-state index contributed by atoms with van der Waals surface area (Å²) >= 11 is 0. The van der Waals surface area contributed by atoms with Crippen molar-refractivity contribution in [2.45, 2.75) is 20.0 Å². The average Bonchev–Trinajstić information content (AvgIpc) is 2.70. The molecule has 0 heterocycles. The molecule has 0 bridgehead atoms. The van der Waals surface area contributed by atoms with Gasteiger partial charge in [-0.2, -0.15) is 5.10 Å². The molecule has 1 atom stereocenters. The fraction of sp³-hybridized carbons (Fsp3) is 0.182. The first-order chi connectivity index (χ1) is 13.6. The van der Waals surface area contributed by atoms with Gasteiger partial charge in [0.15, 0.2) is 17.6 Å². The molecule has 0 aliphatic heterocycles. The van der Waals surface area contributed by atoms with E-state index < -0.39 is 6.10 Å². The second kappa shape index (κ2) is 8.90. The third kappa shape index (κ3) is 4.79. The molecular weight excluding hydrogens is 356 g/mol. The molecule has 0 saturated heterocycles. The molecule has 0 aromatic heterocycles. The van der Waals surface area contributed by atoms with Crippen LogP contribution in [0.2, 0.25) is 0 Å². The van der Waals surface area contributed by atoms with E-state index in [-0.39, 0.29) is 11.7 Å². The van der Waals surface area contributed by atoms with Gasteiger partial charge in [-0.3, -0.25) is 4.79 Å². The Balaban J connectivity index is 1.59. The highest BCUT2D eigenvalue weighted by molar-refractivity contribution is 5.86. The van der Waals surface area contributed by atoms with Crippen LogP contribution >= 0.6 is 0 Å². The van der Waals surface area contributed by atoms with Crippen molar-refractivity contribution in [1.82, 2.24) is 5.43 Å². The molecule has 3 aromatic rings. The van der Waals surface area contributed by atoms with Crippen molar-refractivity contribution < 1.29 is 19.4 Å². The number of aromatic hydroxyl groups is 1. The van der Waals surface area contributed by atoms with Gasteiger partial charge in [-0.1, -0.05) is 30.3 Å². The summed E-state index contributed by atoms with van der Waals surface area (Å²) in [6.45, 7) is 3.93. The van der Waals surface area contributed by atoms with E-state index in [1.165, 1.54) is 12.3 Å². The summed E-state index contributed by atoms with van der Waals surface area (Å²) in [6.07, 6.45) is 0.764. The smallest absolute Gasteiger partial charge is 0.280 e. The predicted octanol–water partition coefficient (Wildman–Crippen LogP) is 3.86. The largest absolute Gasteiger partial charge is 0.504 e. The third-order valence-electron chi connectivity index (χ3n) is 4.08. The minimum Gasteiger partial charge on any atom is -0.504 e. The van der Waals surface area contributed by atoms with Gasteiger partial charge in [0.05, 0.1) is 12.8 Å². The Morgan fingerprint density at radius 2 is 1.93 bits per heavy atom. The van der Waals surface area contributed by atoms with E-state index in [1.807, 2.05) is 49.4 Å². The van der Waals surface area contributed by atoms with E-state index >= 15 is 0 Å². The lowest BCUT2D eigenvalue weighted by Gasteiger charge is -2.13. The van der Waals surface area contributed by atoms with Gasteiger partial charge >= 0.3 is 0 Å². The Kier molecular flexibility index (Phi) is 6.11. The number of phenols is 1. The van der Waals surface area contributed by atoms with Crippen molar-refractivity contribution in [2.75, 3.05) is 6.61 Å². The standard InChI is InChI=1S/C22H22N2O4/c1-3-27-21-12-16(8-11-20(21)25)14-23-24-22(26)15(2)28-19-10-9-17-6-4-5-7-18(17)13-19/h4-15,25H,3H2,1-2H3,(H,24,26)/b23-14+/t15-/m0/s1. The molecule has 0 aliphatic rings. The number of carbonyl (C=O) groups is 1. The minimum absolute atomic E-state index is 0.0560. The monoisotopic (exact) mass is 378 g/mol. The van der Waals surface area contributed by atoms with Crippen molar-refractivity contribution in [3.8, 4) is 17.2 Å². The molecule has 0 fully saturated rings. The van der Waals surface area contributed by atoms with Crippen LogP contribution in [0.25, 0.3) is 10.8 Å². The number of hydrogen-bond acceptors (Lipinski definition) is 5. The first-order valence-electron chi connectivity index (χ1n) is 9.01. The lowest BCUT2D eigenvalue weighted by atomic mass is 10.1. The van der Waals surface area contributed by atoms with Crippen LogP contribution in [-0.4, -0.2) is 29.9 Å². The summed E-state index contributed by atoms with van der Waals surface area (Å²) in [4.78, 5) is 12.2. The number of hydrogen-bond donors (Lipinski definition) is 2. The molecule has 3 aromatic carbocycles. The van der Waals surface area contributed by atoms with Crippen molar-refractivity contribution in [2.24, 2.45) is 5.10 Å². The number of rotatable bonds is 7. The summed E-state index contributed by atoms with van der Waals surface area (Å²) in [5.74, 6) is 0.671. The molecule has 0 radical (unpaired) electrons. The maximum absolute atomic E-state index is 12.2. The number of benzene rings is 3. The third-order valence-corrected chi connectivity index (χ3v) is 4.08. The Bertz CT molecular complexity index is 1000. The molecule has 28 heavy (non-hydrogen) atoms. The van der Waals surface area contributed by atoms with Gasteiger partial charge in [-0.05, 0) is 60.5 Å². The van der Waals surface area contributed by atoms with Gasteiger partial charge in [-0.25, -0.2) is 5.43 Å². The number of phenolic OH excluding ortho intramolecular Hbond substituents is 1. The number of nitrogens with one attached hydrogen (secondary N) is 1. The fourth-order valence-electron chi connectivity index (χ4n) is 2.64. The molecule has 0 saturated carbocycles. The molecule has 6 nitrogen and oxygen atoms in total. The van der Waals surface area contributed by atoms with E-state index in [4.69, 9.17) is 9.47 Å². The number of amides is 1. The van der Waals surface area contributed by atoms with E-state index in [9.17, 15) is 9.90 Å². The molecule has 1 amide bonds. The van der Waals surface area contributed by atoms with Crippen molar-refractivity contribution >= 4 is 22.9 Å². The van der Waals surface area contributed by atoms with Gasteiger partial charge in [0, 0.05) is 0 Å². The number of nitrogens with zero attached hydrogens (tertiary/aromatic N) is 1. The van der Waals surface area contributed by atoms with Crippen LogP contribution in [0.3, 0.4) is 0 Å². The highest BCUT2D eigenvalue weighted by Gasteiger charge is 2.14. The van der Waals surface area contributed by atoms with Crippen molar-refractivity contribution in [3.63, 3.8) is 0 Å². The number of hydrazone groups is 1. The van der Waals surface area contributed by atoms with Crippen LogP contribution < -0.4 is 14.9 Å². The number of ether oxygens (including phenoxy) is 2. The highest BCUT2D eigenvalue weighted by Crippen LogP contribution is 2.26. The minimum atomic E-state index is -0.711. The van der Waals surface area contributed by atoms with E-state index in [0.29, 0.717) is 23.7 Å². The van der Waals surface area contributed by atoms with Crippen LogP contribution in [0.1, 0.15) is 19.4 Å². The summed E-state index contributed by atoms with van der Waals surface area (Å²) in [5.41, 5.74) is 3.14. The van der Waals surface area contributed by atoms with Gasteiger partial charge in [0.1, 0.15) is 5.75 Å². The van der Waals surface area contributed by atoms with E-state index in [2.05, 4.69) is 10.5 Å². The highest BCUT2D eigenvalue weighted by atomic mass is 16.5. The second-order valence-corrected chi connectivity index (χ2v) is 6.16. The first kappa shape index (κ1) is 19.2. The molecule has 0 spiro atoms. The summed E-state index contributed by atoms with van der Waals surface area (Å²) in [6, 6.07) is 18.4. The maximum atomic E-state index is 12.2. The Labute approximate surface area is 163 Å². The summed E-state index contributed by atoms with van der Waals surface area (Å²) in [5, 5.41) is 15.8. The molecule has 2 N–H and O–H groups in total. The van der Waals surface area contributed by atoms with Crippen LogP contribution in [0.5, 0.6) is 17.2 Å². The van der Waals surface area contributed by atoms with Gasteiger partial charge < -0.3 is 14.6 Å². The van der Waals surface area contributed by atoms with Crippen LogP contribution in [0, 0.1) is 0 Å². The summed E-state index contributed by atoms with van der Waals surface area (Å²) in [7, 11) is 0. The van der Waals surface area contributed by atoms with Gasteiger partial charge in [0.2, 0.25) is 0 Å². The van der Waals surface area contributed by atoms with Crippen LogP contribution in [0.15, 0.2) is 65.8 Å². The van der Waals surface area contributed by atoms with Crippen LogP contribution in [-0.2, 0) is 4.79 Å². The molecular formula is C22H22N2O4. The Morgan fingerprint density at radius 3 is 2.71 bits per heavy atom. The zero-order chi connectivity index (χ0) is 19.9. The number of carbonyl (C=O) groups excluding carboxylic acids is 1. The SMILES string of the molecule is CCOc1cc(/C=N/NC(=O)[C@H](C)Oc2ccc3ccccc3c2)ccc1O. The van der Waals surface area contributed by atoms with E-state index in [1.54, 1.807) is 19.1 Å². The second-order valence-electron chi connectivity index (χ2n) is 6.16. The number of fused-ring (bicyclic) bond motifs is 1. The topological polar surface area (TPSA) is 80.2 Å².